The van der Waals surface area contributed by atoms with Crippen molar-refractivity contribution in [2.24, 2.45) is 0 Å². The molecule has 1 heterocycles. The molecule has 5 nitrogen and oxygen atoms in total. The zero-order valence-corrected chi connectivity index (χ0v) is 19.4. The molecule has 0 aliphatic rings. The van der Waals surface area contributed by atoms with Crippen molar-refractivity contribution in [1.29, 1.82) is 0 Å². The van der Waals surface area contributed by atoms with E-state index in [-0.39, 0.29) is 6.61 Å². The van der Waals surface area contributed by atoms with Crippen LogP contribution in [0.15, 0.2) is 78.9 Å². The summed E-state index contributed by atoms with van der Waals surface area (Å²) in [6.45, 7) is 1.75. The molecule has 0 fully saturated rings. The first-order valence-corrected chi connectivity index (χ1v) is 11.3. The molecule has 0 atom stereocenters. The van der Waals surface area contributed by atoms with Crippen molar-refractivity contribution in [3.8, 4) is 0 Å². The Hall–Kier alpha value is -2.54. The second-order valence-corrected chi connectivity index (χ2v) is 8.42. The van der Waals surface area contributed by atoms with E-state index >= 15 is 0 Å². The van der Waals surface area contributed by atoms with Crippen LogP contribution in [0.5, 0.6) is 0 Å². The van der Waals surface area contributed by atoms with Crippen LogP contribution in [0.2, 0.25) is 0 Å². The van der Waals surface area contributed by atoms with Crippen LogP contribution >= 0.6 is 12.2 Å². The van der Waals surface area contributed by atoms with Gasteiger partial charge in [0.25, 0.3) is 0 Å². The van der Waals surface area contributed by atoms with Crippen LogP contribution < -0.4 is 4.90 Å². The van der Waals surface area contributed by atoms with Crippen LogP contribution in [-0.2, 0) is 18.0 Å². The summed E-state index contributed by atoms with van der Waals surface area (Å²) >= 11 is 8.83. The van der Waals surface area contributed by atoms with Crippen LogP contribution in [0.4, 0.5) is 5.69 Å². The number of hydrogen-bond acceptors (Lipinski definition) is 4. The van der Waals surface area contributed by atoms with Gasteiger partial charge in [-0.3, -0.25) is 0 Å². The fourth-order valence-corrected chi connectivity index (χ4v) is 4.66. The molecule has 3 aromatic carbocycles. The zero-order chi connectivity index (χ0) is 21.6. The average molecular weight is 496 g/mol. The third kappa shape index (κ3) is 5.03. The summed E-state index contributed by atoms with van der Waals surface area (Å²) in [5.74, 6) is 0. The van der Waals surface area contributed by atoms with Gasteiger partial charge in [0.2, 0.25) is 0 Å². The van der Waals surface area contributed by atoms with Crippen LogP contribution in [0, 0.1) is 4.77 Å². The number of nitrogens with one attached hydrogen (secondary N) is 1. The van der Waals surface area contributed by atoms with Gasteiger partial charge in [0.15, 0.2) is 0 Å². The molecule has 158 valence electrons. The van der Waals surface area contributed by atoms with Crippen molar-refractivity contribution in [3.05, 3.63) is 94.8 Å². The Morgan fingerprint density at radius 2 is 1.74 bits per heavy atom. The second kappa shape index (κ2) is 10.2. The summed E-state index contributed by atoms with van der Waals surface area (Å²) in [6.07, 6.45) is 0.898. The Morgan fingerprint density at radius 3 is 2.45 bits per heavy atom. The number of para-hydroxylation sites is 1. The number of aromatic nitrogens is 2. The number of hydrogen-bond donors (Lipinski definition) is 2. The second-order valence-electron chi connectivity index (χ2n) is 7.22. The average Bonchev–Trinajstić information content (AvgIpc) is 3.12. The van der Waals surface area contributed by atoms with Gasteiger partial charge in [0.1, 0.15) is 0 Å². The summed E-state index contributed by atoms with van der Waals surface area (Å²) in [7, 11) is 0. The maximum atomic E-state index is 8.78. The monoisotopic (exact) mass is 497 g/mol. The molecule has 2 N–H and O–H groups in total. The number of imidazole rings is 1. The molecule has 0 radical (unpaired) electrons. The fourth-order valence-electron chi connectivity index (χ4n) is 3.66. The van der Waals surface area contributed by atoms with Crippen molar-refractivity contribution in [2.45, 2.75) is 19.6 Å². The maximum absolute atomic E-state index is 8.78. The molecular formula is C24H23N3O2SSe. The van der Waals surface area contributed by atoms with E-state index in [0.29, 0.717) is 4.77 Å². The van der Waals surface area contributed by atoms with Gasteiger partial charge in [-0.05, 0) is 0 Å². The van der Waals surface area contributed by atoms with E-state index in [0.717, 1.165) is 51.9 Å². The Balaban J connectivity index is 1.56. The first kappa shape index (κ1) is 21.7. The molecule has 0 spiro atoms. The minimum absolute atomic E-state index is 0.150. The van der Waals surface area contributed by atoms with Gasteiger partial charge in [-0.25, -0.2) is 0 Å². The molecule has 7 heteroatoms. The van der Waals surface area contributed by atoms with Gasteiger partial charge in [-0.2, -0.15) is 0 Å². The Kier molecular flexibility index (Phi) is 7.12. The molecular weight excluding hydrogens is 473 g/mol. The molecule has 0 aliphatic heterocycles. The quantitative estimate of drug-likeness (QED) is 0.149. The number of aromatic amines is 1. The summed E-state index contributed by atoms with van der Waals surface area (Å²) < 4.78 is 3.89. The number of H-pyrrole nitrogens is 1. The summed E-state index contributed by atoms with van der Waals surface area (Å²) in [4.78, 5) is 9.86. The normalized spacial score (nSPS) is 11.0. The van der Waals surface area contributed by atoms with Gasteiger partial charge < -0.3 is 0 Å². The molecule has 1 aromatic heterocycles. The number of anilines is 1. The van der Waals surface area contributed by atoms with Crippen molar-refractivity contribution in [3.63, 3.8) is 0 Å². The van der Waals surface area contributed by atoms with Crippen LogP contribution in [-0.4, -0.2) is 41.5 Å². The molecule has 0 aliphatic carbocycles. The predicted molar refractivity (Wildman–Crippen MR) is 129 cm³/mol. The first-order valence-electron chi connectivity index (χ1n) is 10.1. The molecule has 0 amide bonds. The minimum atomic E-state index is 0.150. The zero-order valence-electron chi connectivity index (χ0n) is 16.9. The summed E-state index contributed by atoms with van der Waals surface area (Å²) in [5, 5.41) is 8.78. The summed E-state index contributed by atoms with van der Waals surface area (Å²) in [6, 6.07) is 26.6. The van der Waals surface area contributed by atoms with Gasteiger partial charge >= 0.3 is 195 Å². The van der Waals surface area contributed by atoms with Crippen LogP contribution in [0.3, 0.4) is 0 Å². The number of fused-ring (bicyclic) bond motifs is 1. The molecule has 4 aromatic rings. The topological polar surface area (TPSA) is 53.4 Å². The first-order chi connectivity index (χ1) is 15.2. The van der Waals surface area contributed by atoms with E-state index in [1.807, 2.05) is 30.3 Å². The third-order valence-corrected chi connectivity index (χ3v) is 6.45. The molecule has 0 unspecified atom stereocenters. The number of rotatable bonds is 9. The van der Waals surface area contributed by atoms with Crippen molar-refractivity contribution in [2.75, 3.05) is 11.4 Å². The van der Waals surface area contributed by atoms with E-state index in [9.17, 15) is 0 Å². The molecule has 0 bridgehead atoms. The van der Waals surface area contributed by atoms with Gasteiger partial charge in [0, 0.05) is 0 Å². The Labute approximate surface area is 194 Å². The molecule has 4 rings (SSSR count). The molecule has 0 saturated carbocycles. The molecule has 0 saturated heterocycles. The van der Waals surface area contributed by atoms with Crippen molar-refractivity contribution < 1.29 is 10.1 Å². The fraction of sp³-hybridized carbons (Fsp3) is 0.167. The van der Waals surface area contributed by atoms with Gasteiger partial charge in [0.05, 0.1) is 0 Å². The van der Waals surface area contributed by atoms with Crippen LogP contribution in [0.1, 0.15) is 17.5 Å². The van der Waals surface area contributed by atoms with Crippen molar-refractivity contribution >= 4 is 49.1 Å². The van der Waals surface area contributed by atoms with Crippen molar-refractivity contribution in [1.82, 2.24) is 9.55 Å². The van der Waals surface area contributed by atoms with E-state index in [1.54, 1.807) is 0 Å². The SMILES string of the molecule is OOCc1ccc2[nH]c(=S)n(CCCN(C(=[Se])c3ccccc3)c3ccccc3)c2c1. The Bertz CT molecular complexity index is 1220. The van der Waals surface area contributed by atoms with E-state index < -0.39 is 0 Å². The standard InChI is InChI=1S/C24H23N3O2SSe/c28-29-17-18-12-13-21-22(16-18)27(24(30)25-21)15-7-14-26(20-10-5-2-6-11-20)23(31)19-8-3-1-4-9-19/h1-6,8-13,16,28H,7,14-15,17H2,(H,25,30). The predicted octanol–water partition coefficient (Wildman–Crippen LogP) is 4.93. The number of nitrogens with zero attached hydrogens (tertiary/aromatic N) is 2. The van der Waals surface area contributed by atoms with Gasteiger partial charge in [-0.1, -0.05) is 0 Å². The third-order valence-electron chi connectivity index (χ3n) is 5.17. The van der Waals surface area contributed by atoms with Gasteiger partial charge in [-0.15, -0.1) is 0 Å². The number of benzene rings is 3. The Morgan fingerprint density at radius 1 is 1.03 bits per heavy atom. The van der Waals surface area contributed by atoms with E-state index in [1.165, 1.54) is 0 Å². The van der Waals surface area contributed by atoms with E-state index in [4.69, 9.17) is 17.5 Å². The number of aryl methyl sites for hydroxylation is 1. The molecule has 31 heavy (non-hydrogen) atoms. The summed E-state index contributed by atoms with van der Waals surface area (Å²) in [5.41, 5.74) is 5.19. The van der Waals surface area contributed by atoms with E-state index in [2.05, 4.69) is 83.4 Å². The van der Waals surface area contributed by atoms with Crippen LogP contribution in [0.25, 0.3) is 11.0 Å².